The van der Waals surface area contributed by atoms with Crippen LogP contribution in [0, 0.1) is 0 Å². The number of hydrogen-bond donors (Lipinski definition) is 1. The Hall–Kier alpha value is -1.28. The lowest BCUT2D eigenvalue weighted by Gasteiger charge is -2.05. The number of nitrogens with zero attached hydrogens (tertiary/aromatic N) is 1. The van der Waals surface area contributed by atoms with Gasteiger partial charge in [0.05, 0.1) is 5.52 Å². The van der Waals surface area contributed by atoms with E-state index in [1.165, 1.54) is 22.2 Å². The maximum atomic E-state index is 5.61. The van der Waals surface area contributed by atoms with Gasteiger partial charge in [-0.2, -0.15) is 0 Å². The lowest BCUT2D eigenvalue weighted by atomic mass is 10.1. The third-order valence-corrected chi connectivity index (χ3v) is 3.02. The van der Waals surface area contributed by atoms with Crippen molar-refractivity contribution in [1.82, 2.24) is 4.57 Å². The van der Waals surface area contributed by atoms with Gasteiger partial charge in [-0.05, 0) is 31.0 Å². The van der Waals surface area contributed by atoms with Gasteiger partial charge in [0.1, 0.15) is 0 Å². The Morgan fingerprint density at radius 3 is 2.80 bits per heavy atom. The molecule has 0 saturated carbocycles. The van der Waals surface area contributed by atoms with Gasteiger partial charge in [0.15, 0.2) is 0 Å². The van der Waals surface area contributed by atoms with Crippen LogP contribution in [-0.4, -0.2) is 11.1 Å². The van der Waals surface area contributed by atoms with Gasteiger partial charge in [-0.3, -0.25) is 0 Å². The van der Waals surface area contributed by atoms with E-state index in [9.17, 15) is 0 Å². The van der Waals surface area contributed by atoms with Crippen molar-refractivity contribution in [3.63, 3.8) is 0 Å². The molecule has 0 aliphatic carbocycles. The zero-order chi connectivity index (χ0) is 10.8. The summed E-state index contributed by atoms with van der Waals surface area (Å²) >= 11 is 0. The van der Waals surface area contributed by atoms with Crippen LogP contribution < -0.4 is 5.73 Å². The predicted octanol–water partition coefficient (Wildman–Crippen LogP) is 2.24. The lowest BCUT2D eigenvalue weighted by molar-refractivity contribution is 0.824. The van der Waals surface area contributed by atoms with Crippen LogP contribution in [0.25, 0.3) is 10.9 Å². The summed E-state index contributed by atoms with van der Waals surface area (Å²) in [6.45, 7) is 2.91. The van der Waals surface area contributed by atoms with E-state index in [0.717, 1.165) is 12.8 Å². The minimum atomic E-state index is 0.714. The Labute approximate surface area is 90.7 Å². The summed E-state index contributed by atoms with van der Waals surface area (Å²) in [4.78, 5) is 0. The largest absolute Gasteiger partial charge is 0.347 e. The standard InChI is InChI=1S/C13H18N2/c1-3-10-5-4-6-11-9-12(7-8-14)15(2)13(10)11/h4-6,9H,3,7-8,14H2,1-2H3. The third kappa shape index (κ3) is 1.65. The van der Waals surface area contributed by atoms with Crippen LogP contribution in [0.4, 0.5) is 0 Å². The normalized spacial score (nSPS) is 11.1. The summed E-state index contributed by atoms with van der Waals surface area (Å²) in [7, 11) is 2.13. The van der Waals surface area contributed by atoms with Crippen LogP contribution in [0.15, 0.2) is 24.3 Å². The van der Waals surface area contributed by atoms with Gasteiger partial charge in [-0.25, -0.2) is 0 Å². The van der Waals surface area contributed by atoms with Crippen molar-refractivity contribution >= 4 is 10.9 Å². The molecule has 80 valence electrons. The lowest BCUT2D eigenvalue weighted by Crippen LogP contribution is -2.06. The maximum absolute atomic E-state index is 5.61. The molecule has 0 saturated heterocycles. The molecule has 1 aromatic carbocycles. The summed E-state index contributed by atoms with van der Waals surface area (Å²) < 4.78 is 2.28. The minimum Gasteiger partial charge on any atom is -0.347 e. The molecule has 0 atom stereocenters. The number of rotatable bonds is 3. The Kier molecular flexibility index (Phi) is 2.78. The van der Waals surface area contributed by atoms with Gasteiger partial charge in [0.25, 0.3) is 0 Å². The molecule has 2 N–H and O–H groups in total. The maximum Gasteiger partial charge on any atom is 0.0512 e. The SMILES string of the molecule is CCc1cccc2cc(CCN)n(C)c12. The van der Waals surface area contributed by atoms with Crippen LogP contribution in [0.1, 0.15) is 18.2 Å². The fraction of sp³-hybridized carbons (Fsp3) is 0.385. The van der Waals surface area contributed by atoms with Crippen LogP contribution in [0.3, 0.4) is 0 Å². The molecular formula is C13H18N2. The molecule has 0 bridgehead atoms. The fourth-order valence-electron chi connectivity index (χ4n) is 2.23. The van der Waals surface area contributed by atoms with E-state index in [-0.39, 0.29) is 0 Å². The van der Waals surface area contributed by atoms with Crippen LogP contribution in [-0.2, 0) is 19.9 Å². The second-order valence-electron chi connectivity index (χ2n) is 3.94. The van der Waals surface area contributed by atoms with Gasteiger partial charge in [0, 0.05) is 18.1 Å². The average molecular weight is 202 g/mol. The first-order valence-electron chi connectivity index (χ1n) is 5.54. The summed E-state index contributed by atoms with van der Waals surface area (Å²) in [5.74, 6) is 0. The Morgan fingerprint density at radius 2 is 2.13 bits per heavy atom. The van der Waals surface area contributed by atoms with Gasteiger partial charge in [-0.15, -0.1) is 0 Å². The Bertz CT molecular complexity index is 469. The molecule has 0 amide bonds. The van der Waals surface area contributed by atoms with Gasteiger partial charge in [0.2, 0.25) is 0 Å². The quantitative estimate of drug-likeness (QED) is 0.813. The number of nitrogens with two attached hydrogens (primary N) is 1. The third-order valence-electron chi connectivity index (χ3n) is 3.02. The molecule has 15 heavy (non-hydrogen) atoms. The average Bonchev–Trinajstić information content (AvgIpc) is 2.57. The summed E-state index contributed by atoms with van der Waals surface area (Å²) in [5, 5.41) is 1.33. The van der Waals surface area contributed by atoms with Crippen molar-refractivity contribution in [3.05, 3.63) is 35.5 Å². The monoisotopic (exact) mass is 202 g/mol. The second-order valence-corrected chi connectivity index (χ2v) is 3.94. The fourth-order valence-corrected chi connectivity index (χ4v) is 2.23. The smallest absolute Gasteiger partial charge is 0.0512 e. The minimum absolute atomic E-state index is 0.714. The van der Waals surface area contributed by atoms with Crippen LogP contribution >= 0.6 is 0 Å². The molecule has 0 spiro atoms. The molecule has 1 aromatic heterocycles. The number of fused-ring (bicyclic) bond motifs is 1. The molecule has 1 heterocycles. The Morgan fingerprint density at radius 1 is 1.33 bits per heavy atom. The zero-order valence-electron chi connectivity index (χ0n) is 9.46. The van der Waals surface area contributed by atoms with Crippen molar-refractivity contribution in [1.29, 1.82) is 0 Å². The van der Waals surface area contributed by atoms with Crippen LogP contribution in [0.2, 0.25) is 0 Å². The van der Waals surface area contributed by atoms with Crippen molar-refractivity contribution in [2.45, 2.75) is 19.8 Å². The molecule has 0 aliphatic heterocycles. The highest BCUT2D eigenvalue weighted by Crippen LogP contribution is 2.23. The highest BCUT2D eigenvalue weighted by atomic mass is 14.9. The molecule has 2 nitrogen and oxygen atoms in total. The molecule has 0 fully saturated rings. The van der Waals surface area contributed by atoms with Gasteiger partial charge >= 0.3 is 0 Å². The highest BCUT2D eigenvalue weighted by molar-refractivity contribution is 5.84. The number of aryl methyl sites for hydroxylation is 2. The van der Waals surface area contributed by atoms with Crippen molar-refractivity contribution in [2.24, 2.45) is 12.8 Å². The molecule has 2 heteroatoms. The summed E-state index contributed by atoms with van der Waals surface area (Å²) in [6.07, 6.45) is 2.03. The number of benzene rings is 1. The molecular weight excluding hydrogens is 184 g/mol. The number of aromatic nitrogens is 1. The second kappa shape index (κ2) is 4.07. The van der Waals surface area contributed by atoms with E-state index in [0.29, 0.717) is 6.54 Å². The first-order valence-corrected chi connectivity index (χ1v) is 5.54. The van der Waals surface area contributed by atoms with Crippen molar-refractivity contribution < 1.29 is 0 Å². The van der Waals surface area contributed by atoms with Gasteiger partial charge in [-0.1, -0.05) is 25.1 Å². The summed E-state index contributed by atoms with van der Waals surface area (Å²) in [5.41, 5.74) is 9.72. The molecule has 0 aliphatic rings. The number of hydrogen-bond acceptors (Lipinski definition) is 1. The van der Waals surface area contributed by atoms with Crippen LogP contribution in [0.5, 0.6) is 0 Å². The summed E-state index contributed by atoms with van der Waals surface area (Å²) in [6, 6.07) is 8.76. The molecule has 0 unspecified atom stereocenters. The predicted molar refractivity (Wildman–Crippen MR) is 65.1 cm³/mol. The topological polar surface area (TPSA) is 30.9 Å². The first-order chi connectivity index (χ1) is 7.27. The van der Waals surface area contributed by atoms with E-state index < -0.39 is 0 Å². The molecule has 2 aromatic rings. The van der Waals surface area contributed by atoms with E-state index in [1.807, 2.05) is 0 Å². The van der Waals surface area contributed by atoms with Crippen molar-refractivity contribution in [3.8, 4) is 0 Å². The van der Waals surface area contributed by atoms with E-state index in [1.54, 1.807) is 0 Å². The van der Waals surface area contributed by atoms with Gasteiger partial charge < -0.3 is 10.3 Å². The Balaban J connectivity index is 2.65. The number of para-hydroxylation sites is 1. The zero-order valence-corrected chi connectivity index (χ0v) is 9.46. The molecule has 0 radical (unpaired) electrons. The first kappa shape index (κ1) is 10.2. The highest BCUT2D eigenvalue weighted by Gasteiger charge is 2.07. The van der Waals surface area contributed by atoms with E-state index >= 15 is 0 Å². The van der Waals surface area contributed by atoms with E-state index in [2.05, 4.69) is 42.8 Å². The van der Waals surface area contributed by atoms with E-state index in [4.69, 9.17) is 5.73 Å². The van der Waals surface area contributed by atoms with Crippen molar-refractivity contribution in [2.75, 3.05) is 6.54 Å². The molecule has 2 rings (SSSR count).